The number of hydrogen-bond acceptors (Lipinski definition) is 4. The highest BCUT2D eigenvalue weighted by atomic mass is 16.5. The molecule has 0 atom stereocenters. The number of ether oxygens (including phenoxy) is 1. The zero-order chi connectivity index (χ0) is 12.0. The third kappa shape index (κ3) is 3.61. The van der Waals surface area contributed by atoms with Crippen LogP contribution in [0.25, 0.3) is 0 Å². The van der Waals surface area contributed by atoms with Gasteiger partial charge >= 0.3 is 5.97 Å². The van der Waals surface area contributed by atoms with E-state index in [2.05, 4.69) is 5.32 Å². The van der Waals surface area contributed by atoms with E-state index in [1.54, 1.807) is 31.2 Å². The zero-order valence-electron chi connectivity index (χ0n) is 9.12. The first-order valence-corrected chi connectivity index (χ1v) is 4.97. The third-order valence-electron chi connectivity index (χ3n) is 1.88. The summed E-state index contributed by atoms with van der Waals surface area (Å²) in [4.78, 5) is 11.3. The molecular weight excluding hydrogens is 206 g/mol. The van der Waals surface area contributed by atoms with Gasteiger partial charge in [-0.3, -0.25) is 5.41 Å². The maximum atomic E-state index is 11.3. The van der Waals surface area contributed by atoms with E-state index in [9.17, 15) is 4.79 Å². The van der Waals surface area contributed by atoms with Crippen LogP contribution in [-0.4, -0.2) is 25.0 Å². The molecule has 0 aromatic heterocycles. The number of carbonyl (C=O) groups excluding carboxylic acids is 1. The second kappa shape index (κ2) is 5.75. The van der Waals surface area contributed by atoms with Crippen LogP contribution in [-0.2, 0) is 4.74 Å². The van der Waals surface area contributed by atoms with E-state index in [1.807, 2.05) is 0 Å². The lowest BCUT2D eigenvalue weighted by molar-refractivity contribution is 0.0526. The van der Waals surface area contributed by atoms with Crippen molar-refractivity contribution in [1.29, 1.82) is 5.41 Å². The average molecular weight is 221 g/mol. The van der Waals surface area contributed by atoms with Crippen LogP contribution in [0.4, 0.5) is 5.69 Å². The molecule has 0 unspecified atom stereocenters. The van der Waals surface area contributed by atoms with Gasteiger partial charge in [-0.1, -0.05) is 0 Å². The van der Waals surface area contributed by atoms with E-state index in [1.165, 1.54) is 0 Å². The molecule has 1 aromatic rings. The number of rotatable bonds is 5. The van der Waals surface area contributed by atoms with Crippen LogP contribution in [0.1, 0.15) is 17.3 Å². The molecule has 16 heavy (non-hydrogen) atoms. The Kier molecular flexibility index (Phi) is 4.32. The molecule has 0 spiro atoms. The van der Waals surface area contributed by atoms with E-state index < -0.39 is 0 Å². The van der Waals surface area contributed by atoms with Gasteiger partial charge in [0.15, 0.2) is 0 Å². The minimum Gasteiger partial charge on any atom is -0.462 e. The molecule has 0 heterocycles. The van der Waals surface area contributed by atoms with Gasteiger partial charge in [0.25, 0.3) is 0 Å². The zero-order valence-corrected chi connectivity index (χ0v) is 9.12. The Labute approximate surface area is 94.1 Å². The Morgan fingerprint density at radius 2 is 2.06 bits per heavy atom. The van der Waals surface area contributed by atoms with E-state index in [4.69, 9.17) is 15.9 Å². The van der Waals surface area contributed by atoms with Crippen LogP contribution >= 0.6 is 0 Å². The average Bonchev–Trinajstić information content (AvgIpc) is 2.27. The van der Waals surface area contributed by atoms with Crippen LogP contribution in [0, 0.1) is 5.41 Å². The normalized spacial score (nSPS) is 9.56. The smallest absolute Gasteiger partial charge is 0.338 e. The molecule has 5 heteroatoms. The first kappa shape index (κ1) is 12.0. The molecule has 1 rings (SSSR count). The molecule has 0 saturated carbocycles. The number of esters is 1. The Hall–Kier alpha value is -2.04. The summed E-state index contributed by atoms with van der Waals surface area (Å²) in [6, 6.07) is 6.82. The van der Waals surface area contributed by atoms with Crippen LogP contribution in [0.5, 0.6) is 0 Å². The molecule has 5 nitrogen and oxygen atoms in total. The lowest BCUT2D eigenvalue weighted by Gasteiger charge is -2.06. The van der Waals surface area contributed by atoms with Crippen molar-refractivity contribution in [2.24, 2.45) is 5.73 Å². The summed E-state index contributed by atoms with van der Waals surface area (Å²) in [7, 11) is 0. The Morgan fingerprint density at radius 1 is 1.44 bits per heavy atom. The Balaban J connectivity index is 2.60. The molecule has 0 bridgehead atoms. The van der Waals surface area contributed by atoms with Gasteiger partial charge in [-0.15, -0.1) is 0 Å². The van der Waals surface area contributed by atoms with Gasteiger partial charge in [-0.05, 0) is 31.2 Å². The standard InChI is InChI=1S/C11H15N3O2/c1-2-16-11(15)8-3-5-9(6-4-8)14-7-10(12)13/h3-6,14H,2,7H2,1H3,(H3,12,13). The largest absolute Gasteiger partial charge is 0.462 e. The van der Waals surface area contributed by atoms with Crippen molar-refractivity contribution < 1.29 is 9.53 Å². The number of benzene rings is 1. The number of nitrogens with two attached hydrogens (primary N) is 1. The summed E-state index contributed by atoms with van der Waals surface area (Å²) in [6.07, 6.45) is 0. The second-order valence-electron chi connectivity index (χ2n) is 3.18. The van der Waals surface area contributed by atoms with Crippen LogP contribution in [0.2, 0.25) is 0 Å². The minimum atomic E-state index is -0.333. The SMILES string of the molecule is CCOC(=O)c1ccc(NCC(=N)N)cc1. The number of nitrogens with one attached hydrogen (secondary N) is 2. The molecule has 0 amide bonds. The molecule has 0 aliphatic rings. The second-order valence-corrected chi connectivity index (χ2v) is 3.18. The lowest BCUT2D eigenvalue weighted by Crippen LogP contribution is -2.21. The van der Waals surface area contributed by atoms with Crippen molar-refractivity contribution in [3.05, 3.63) is 29.8 Å². The molecule has 0 radical (unpaired) electrons. The van der Waals surface area contributed by atoms with Crippen molar-refractivity contribution in [2.45, 2.75) is 6.92 Å². The monoisotopic (exact) mass is 221 g/mol. The fraction of sp³-hybridized carbons (Fsp3) is 0.273. The molecular formula is C11H15N3O2. The van der Waals surface area contributed by atoms with E-state index in [0.717, 1.165) is 5.69 Å². The van der Waals surface area contributed by atoms with Crippen molar-refractivity contribution in [2.75, 3.05) is 18.5 Å². The molecule has 86 valence electrons. The predicted molar refractivity (Wildman–Crippen MR) is 62.8 cm³/mol. The number of anilines is 1. The topological polar surface area (TPSA) is 88.2 Å². The lowest BCUT2D eigenvalue weighted by atomic mass is 10.2. The first-order chi connectivity index (χ1) is 7.63. The van der Waals surface area contributed by atoms with Crippen molar-refractivity contribution in [1.82, 2.24) is 0 Å². The summed E-state index contributed by atoms with van der Waals surface area (Å²) in [5, 5.41) is 9.99. The van der Waals surface area contributed by atoms with Crippen LogP contribution in [0.15, 0.2) is 24.3 Å². The fourth-order valence-corrected chi connectivity index (χ4v) is 1.14. The molecule has 0 fully saturated rings. The predicted octanol–water partition coefficient (Wildman–Crippen LogP) is 1.21. The van der Waals surface area contributed by atoms with Gasteiger partial charge in [0.05, 0.1) is 18.7 Å². The van der Waals surface area contributed by atoms with E-state index in [-0.39, 0.29) is 11.8 Å². The van der Waals surface area contributed by atoms with Crippen molar-refractivity contribution in [3.63, 3.8) is 0 Å². The molecule has 0 saturated heterocycles. The highest BCUT2D eigenvalue weighted by molar-refractivity contribution is 5.90. The highest BCUT2D eigenvalue weighted by Crippen LogP contribution is 2.10. The van der Waals surface area contributed by atoms with Crippen molar-refractivity contribution >= 4 is 17.5 Å². The molecule has 0 aliphatic heterocycles. The molecule has 0 aliphatic carbocycles. The maximum Gasteiger partial charge on any atom is 0.338 e. The highest BCUT2D eigenvalue weighted by Gasteiger charge is 2.05. The maximum absolute atomic E-state index is 11.3. The number of carbonyl (C=O) groups is 1. The summed E-state index contributed by atoms with van der Waals surface area (Å²) in [6.45, 7) is 2.42. The molecule has 1 aromatic carbocycles. The number of hydrogen-bond donors (Lipinski definition) is 3. The summed E-state index contributed by atoms with van der Waals surface area (Å²) >= 11 is 0. The van der Waals surface area contributed by atoms with Crippen LogP contribution < -0.4 is 11.1 Å². The number of amidine groups is 1. The quantitative estimate of drug-likeness (QED) is 0.396. The summed E-state index contributed by atoms with van der Waals surface area (Å²) < 4.78 is 4.85. The fourth-order valence-electron chi connectivity index (χ4n) is 1.14. The van der Waals surface area contributed by atoms with E-state index in [0.29, 0.717) is 18.7 Å². The third-order valence-corrected chi connectivity index (χ3v) is 1.88. The van der Waals surface area contributed by atoms with Gasteiger partial charge < -0.3 is 15.8 Å². The van der Waals surface area contributed by atoms with Gasteiger partial charge in [-0.25, -0.2) is 4.79 Å². The van der Waals surface area contributed by atoms with Gasteiger partial charge in [0.1, 0.15) is 5.84 Å². The Bertz CT molecular complexity index is 373. The Morgan fingerprint density at radius 3 is 2.56 bits per heavy atom. The van der Waals surface area contributed by atoms with Crippen LogP contribution in [0.3, 0.4) is 0 Å². The van der Waals surface area contributed by atoms with Gasteiger partial charge in [0, 0.05) is 5.69 Å². The molecule has 4 N–H and O–H groups in total. The first-order valence-electron chi connectivity index (χ1n) is 4.97. The van der Waals surface area contributed by atoms with Gasteiger partial charge in [-0.2, -0.15) is 0 Å². The van der Waals surface area contributed by atoms with Crippen molar-refractivity contribution in [3.8, 4) is 0 Å². The van der Waals surface area contributed by atoms with Gasteiger partial charge in [0.2, 0.25) is 0 Å². The summed E-state index contributed by atoms with van der Waals surface area (Å²) in [5.41, 5.74) is 6.52. The van der Waals surface area contributed by atoms with E-state index >= 15 is 0 Å². The minimum absolute atomic E-state index is 0.0643. The summed E-state index contributed by atoms with van der Waals surface area (Å²) in [5.74, 6) is -0.268.